The number of aromatic nitrogens is 15. The molecular weight excluding hydrogens is 967 g/mol. The van der Waals surface area contributed by atoms with Gasteiger partial charge in [0, 0.05) is 77.5 Å². The van der Waals surface area contributed by atoms with Crippen LogP contribution in [0.15, 0.2) is 238 Å². The van der Waals surface area contributed by atoms with Crippen molar-refractivity contribution in [1.82, 2.24) is 75.4 Å². The topological polar surface area (TPSA) is 193 Å². The molecule has 384 valence electrons. The Morgan fingerprint density at radius 2 is 0.782 bits per heavy atom. The van der Waals surface area contributed by atoms with Gasteiger partial charge in [0.15, 0.2) is 17.5 Å². The van der Waals surface area contributed by atoms with E-state index in [0.29, 0.717) is 11.6 Å². The van der Waals surface area contributed by atoms with Gasteiger partial charge >= 0.3 is 0 Å². The van der Waals surface area contributed by atoms with E-state index in [1.807, 2.05) is 216 Å². The molecule has 0 aliphatic heterocycles. The van der Waals surface area contributed by atoms with Crippen molar-refractivity contribution in [3.63, 3.8) is 0 Å². The van der Waals surface area contributed by atoms with Crippen molar-refractivity contribution < 1.29 is 0 Å². The summed E-state index contributed by atoms with van der Waals surface area (Å²) in [5, 5.41) is 22.9. The number of hydrogen-bond donors (Lipinski definition) is 0. The number of rotatable bonds is 6. The lowest BCUT2D eigenvalue weighted by molar-refractivity contribution is 0.816. The minimum Gasteiger partial charge on any atom is -0.261 e. The Kier molecular flexibility index (Phi) is 21.3. The van der Waals surface area contributed by atoms with Crippen LogP contribution in [0.25, 0.3) is 68.2 Å². The van der Waals surface area contributed by atoms with E-state index in [4.69, 9.17) is 0 Å². The summed E-state index contributed by atoms with van der Waals surface area (Å²) in [5.41, 5.74) is 13.8. The zero-order chi connectivity index (χ0) is 54.6. The maximum atomic E-state index is 4.66. The van der Waals surface area contributed by atoms with Crippen LogP contribution in [0.3, 0.4) is 0 Å². The molecule has 8 heterocycles. The summed E-state index contributed by atoms with van der Waals surface area (Å²) in [5.74, 6) is 2.71. The first kappa shape index (κ1) is 55.3. The van der Waals surface area contributed by atoms with Crippen LogP contribution >= 0.6 is 0 Å². The minimum atomic E-state index is 0.561. The van der Waals surface area contributed by atoms with Crippen LogP contribution in [0.2, 0.25) is 0 Å². The molecule has 15 heteroatoms. The molecule has 0 saturated heterocycles. The molecule has 4 aromatic carbocycles. The third-order valence-corrected chi connectivity index (χ3v) is 10.6. The van der Waals surface area contributed by atoms with Gasteiger partial charge in [-0.3, -0.25) is 19.9 Å². The van der Waals surface area contributed by atoms with Crippen molar-refractivity contribution in [2.75, 3.05) is 0 Å². The third kappa shape index (κ3) is 18.5. The molecule has 0 aliphatic carbocycles. The Hall–Kier alpha value is -10.4. The number of aryl methyl sites for hydroxylation is 6. The molecule has 0 fully saturated rings. The van der Waals surface area contributed by atoms with Crippen molar-refractivity contribution in [3.8, 4) is 68.2 Å². The fourth-order valence-corrected chi connectivity index (χ4v) is 6.86. The summed E-state index contributed by atoms with van der Waals surface area (Å²) in [6, 6.07) is 61.4. The monoisotopic (exact) mass is 1020 g/mol. The van der Waals surface area contributed by atoms with Gasteiger partial charge in [-0.25, -0.2) is 24.9 Å². The predicted octanol–water partition coefficient (Wildman–Crippen LogP) is 12.9. The maximum Gasteiger partial charge on any atom is 0.203 e. The standard InChI is InChI=1S/C17H14N2.C16H13N3.C11H10N2.C9H8N4.2C5H6N2/c1-13-12-16(14-8-4-2-5-9-14)19-17(18-13)15-10-6-3-7-11-15;1-12-10-15(13-6-2-4-8-17-13)19-16(11-12)14-7-3-5-9-18-14;1-9-7-12-11(13-8-9)10-5-3-2-4-6-10;1-7-10-12-9(13-11-7)8-5-3-2-4-6-8;1-5-4-6-2-3-7-5;1-5-3-2-4-6-7-5/h2-12H,1H3;2-11H,1H3;2-8H,1H3;2-6H,1H3;2*2-4H,1H3. The van der Waals surface area contributed by atoms with Gasteiger partial charge in [0.2, 0.25) is 5.82 Å². The Morgan fingerprint density at radius 1 is 0.269 bits per heavy atom. The largest absolute Gasteiger partial charge is 0.261 e. The van der Waals surface area contributed by atoms with Gasteiger partial charge < -0.3 is 0 Å². The summed E-state index contributed by atoms with van der Waals surface area (Å²) < 4.78 is 0. The van der Waals surface area contributed by atoms with Crippen LogP contribution in [0, 0.1) is 41.5 Å². The number of hydrogen-bond acceptors (Lipinski definition) is 15. The van der Waals surface area contributed by atoms with Crippen LogP contribution in [-0.4, -0.2) is 75.4 Å². The van der Waals surface area contributed by atoms with Crippen LogP contribution in [-0.2, 0) is 0 Å². The summed E-state index contributed by atoms with van der Waals surface area (Å²) in [6.45, 7) is 11.6. The van der Waals surface area contributed by atoms with E-state index >= 15 is 0 Å². The van der Waals surface area contributed by atoms with Crippen molar-refractivity contribution in [3.05, 3.63) is 272 Å². The van der Waals surface area contributed by atoms with Gasteiger partial charge in [-0.15, -0.1) is 20.4 Å². The molecule has 0 aliphatic rings. The molecule has 0 unspecified atom stereocenters. The lowest BCUT2D eigenvalue weighted by Crippen LogP contribution is -1.98. The first-order chi connectivity index (χ1) is 38.2. The Balaban J connectivity index is 0.000000141. The second-order valence-corrected chi connectivity index (χ2v) is 17.1. The smallest absolute Gasteiger partial charge is 0.203 e. The quantitative estimate of drug-likeness (QED) is 0.153. The molecule has 0 radical (unpaired) electrons. The third-order valence-electron chi connectivity index (χ3n) is 10.6. The van der Waals surface area contributed by atoms with Crippen LogP contribution in [0.1, 0.15) is 34.0 Å². The van der Waals surface area contributed by atoms with E-state index in [1.165, 1.54) is 0 Å². The van der Waals surface area contributed by atoms with Crippen molar-refractivity contribution in [2.45, 2.75) is 41.5 Å². The van der Waals surface area contributed by atoms with E-state index in [0.717, 1.165) is 90.6 Å². The van der Waals surface area contributed by atoms with Gasteiger partial charge in [-0.2, -0.15) is 10.2 Å². The maximum absolute atomic E-state index is 4.66. The zero-order valence-corrected chi connectivity index (χ0v) is 44.2. The molecular formula is C63H57N15. The van der Waals surface area contributed by atoms with E-state index in [2.05, 4.69) is 94.5 Å². The number of nitrogens with zero attached hydrogens (tertiary/aromatic N) is 15. The molecule has 12 aromatic rings. The Morgan fingerprint density at radius 3 is 1.22 bits per heavy atom. The summed E-state index contributed by atoms with van der Waals surface area (Å²) in [7, 11) is 0. The average molecular weight is 1020 g/mol. The summed E-state index contributed by atoms with van der Waals surface area (Å²) in [4.78, 5) is 38.7. The summed E-state index contributed by atoms with van der Waals surface area (Å²) in [6.07, 6.45) is 13.9. The molecule has 0 spiro atoms. The highest BCUT2D eigenvalue weighted by Gasteiger charge is 2.08. The molecule has 78 heavy (non-hydrogen) atoms. The normalized spacial score (nSPS) is 9.92. The second-order valence-electron chi connectivity index (χ2n) is 17.1. The van der Waals surface area contributed by atoms with Gasteiger partial charge in [0.25, 0.3) is 0 Å². The van der Waals surface area contributed by atoms with Crippen LogP contribution in [0.4, 0.5) is 0 Å². The van der Waals surface area contributed by atoms with E-state index in [-0.39, 0.29) is 0 Å². The highest BCUT2D eigenvalue weighted by Crippen LogP contribution is 2.23. The zero-order valence-electron chi connectivity index (χ0n) is 44.2. The van der Waals surface area contributed by atoms with Crippen LogP contribution in [0.5, 0.6) is 0 Å². The first-order valence-corrected chi connectivity index (χ1v) is 24.9. The average Bonchev–Trinajstić information content (AvgIpc) is 3.50. The second kappa shape index (κ2) is 30.1. The van der Waals surface area contributed by atoms with Gasteiger partial charge in [0.05, 0.1) is 39.9 Å². The fraction of sp³-hybridized carbons (Fsp3) is 0.0952. The molecule has 12 rings (SSSR count). The molecule has 0 bridgehead atoms. The highest BCUT2D eigenvalue weighted by molar-refractivity contribution is 5.65. The lowest BCUT2D eigenvalue weighted by atomic mass is 10.1. The molecule has 15 nitrogen and oxygen atoms in total. The van der Waals surface area contributed by atoms with Crippen molar-refractivity contribution >= 4 is 0 Å². The Labute approximate surface area is 454 Å². The molecule has 0 N–H and O–H groups in total. The van der Waals surface area contributed by atoms with Crippen molar-refractivity contribution in [2.24, 2.45) is 0 Å². The SMILES string of the molecule is Cc1cc(-c2ccccc2)nc(-c2ccccc2)n1.Cc1cc(-c2ccccn2)nc(-c2ccccn2)c1.Cc1cccnn1.Cc1cnc(-c2ccccc2)nc1.Cc1cnccn1.Cc1nnc(-c2ccccc2)nn1. The van der Waals surface area contributed by atoms with E-state index < -0.39 is 0 Å². The van der Waals surface area contributed by atoms with Gasteiger partial charge in [0.1, 0.15) is 0 Å². The molecule has 8 aromatic heterocycles. The Bertz CT molecular complexity index is 3220. The summed E-state index contributed by atoms with van der Waals surface area (Å²) >= 11 is 0. The highest BCUT2D eigenvalue weighted by atomic mass is 15.3. The van der Waals surface area contributed by atoms with Crippen LogP contribution < -0.4 is 0 Å². The minimum absolute atomic E-state index is 0.561. The van der Waals surface area contributed by atoms with Gasteiger partial charge in [-0.05, 0) is 107 Å². The molecule has 0 atom stereocenters. The van der Waals surface area contributed by atoms with E-state index in [9.17, 15) is 0 Å². The fourth-order valence-electron chi connectivity index (χ4n) is 6.86. The van der Waals surface area contributed by atoms with Gasteiger partial charge in [-0.1, -0.05) is 133 Å². The predicted molar refractivity (Wildman–Crippen MR) is 307 cm³/mol. The van der Waals surface area contributed by atoms with Crippen molar-refractivity contribution in [1.29, 1.82) is 0 Å². The lowest BCUT2D eigenvalue weighted by Gasteiger charge is -2.06. The first-order valence-electron chi connectivity index (χ1n) is 24.9. The molecule has 0 saturated carbocycles. The number of benzene rings is 4. The number of pyridine rings is 3. The molecule has 0 amide bonds. The van der Waals surface area contributed by atoms with E-state index in [1.54, 1.807) is 44.1 Å².